The summed E-state index contributed by atoms with van der Waals surface area (Å²) in [6, 6.07) is 1.89. The number of anilines is 1. The largest absolute Gasteiger partial charge is 0.371 e. The number of aromatic nitrogens is 1. The summed E-state index contributed by atoms with van der Waals surface area (Å²) in [6.07, 6.45) is 3.36. The van der Waals surface area contributed by atoms with Crippen molar-refractivity contribution in [3.8, 4) is 0 Å². The number of hydrogen-bond acceptors (Lipinski definition) is 3. The van der Waals surface area contributed by atoms with Crippen LogP contribution in [0.3, 0.4) is 0 Å². The van der Waals surface area contributed by atoms with Crippen molar-refractivity contribution < 1.29 is 4.79 Å². The van der Waals surface area contributed by atoms with Crippen LogP contribution in [0.2, 0.25) is 0 Å². The second-order valence-electron chi connectivity index (χ2n) is 3.12. The molecule has 0 aliphatic rings. The van der Waals surface area contributed by atoms with Crippen molar-refractivity contribution in [3.63, 3.8) is 0 Å². The summed E-state index contributed by atoms with van der Waals surface area (Å²) in [5, 5.41) is 0. The summed E-state index contributed by atoms with van der Waals surface area (Å²) in [5.74, 6) is 0.0694. The Morgan fingerprint density at radius 2 is 2.07 bits per heavy atom. The van der Waals surface area contributed by atoms with Gasteiger partial charge in [0.25, 0.3) is 0 Å². The average molecular weight is 192 g/mol. The third-order valence-corrected chi connectivity index (χ3v) is 2.28. The fraction of sp³-hybridized carbons (Fsp3) is 0.455. The Kier molecular flexibility index (Phi) is 3.63. The fourth-order valence-electron chi connectivity index (χ4n) is 1.50. The third-order valence-electron chi connectivity index (χ3n) is 2.28. The van der Waals surface area contributed by atoms with Crippen LogP contribution in [0.1, 0.15) is 31.1 Å². The smallest absolute Gasteiger partial charge is 0.163 e. The van der Waals surface area contributed by atoms with Crippen LogP contribution in [0.25, 0.3) is 0 Å². The molecule has 3 nitrogen and oxygen atoms in total. The number of rotatable bonds is 4. The number of hydrogen-bond donors (Lipinski definition) is 0. The Bertz CT molecular complexity index is 319. The molecule has 0 saturated heterocycles. The van der Waals surface area contributed by atoms with Crippen molar-refractivity contribution in [2.24, 2.45) is 0 Å². The van der Waals surface area contributed by atoms with Crippen LogP contribution in [0.15, 0.2) is 18.5 Å². The highest BCUT2D eigenvalue weighted by atomic mass is 16.1. The maximum absolute atomic E-state index is 11.3. The molecule has 0 saturated carbocycles. The highest BCUT2D eigenvalue weighted by Crippen LogP contribution is 2.19. The van der Waals surface area contributed by atoms with E-state index in [-0.39, 0.29) is 5.78 Å². The molecule has 0 spiro atoms. The molecule has 0 fully saturated rings. The number of Topliss-reactive ketones (excluding diaryl/α,β-unsaturated/α-hetero) is 1. The second kappa shape index (κ2) is 4.74. The molecular weight excluding hydrogens is 176 g/mol. The summed E-state index contributed by atoms with van der Waals surface area (Å²) in [4.78, 5) is 17.5. The monoisotopic (exact) mass is 192 g/mol. The quantitative estimate of drug-likeness (QED) is 0.685. The van der Waals surface area contributed by atoms with Gasteiger partial charge in [-0.2, -0.15) is 0 Å². The van der Waals surface area contributed by atoms with Gasteiger partial charge in [-0.15, -0.1) is 0 Å². The SMILES string of the molecule is CCN(CC)c1ccncc1C(C)=O. The highest BCUT2D eigenvalue weighted by Gasteiger charge is 2.10. The lowest BCUT2D eigenvalue weighted by Crippen LogP contribution is -2.23. The number of pyridine rings is 1. The molecule has 0 amide bonds. The molecule has 0 aliphatic heterocycles. The van der Waals surface area contributed by atoms with Crippen LogP contribution in [-0.4, -0.2) is 23.9 Å². The maximum atomic E-state index is 11.3. The molecule has 1 aromatic rings. The molecule has 0 aromatic carbocycles. The minimum atomic E-state index is 0.0694. The van der Waals surface area contributed by atoms with E-state index in [1.165, 1.54) is 0 Å². The zero-order chi connectivity index (χ0) is 10.6. The first-order valence-electron chi connectivity index (χ1n) is 4.90. The van der Waals surface area contributed by atoms with E-state index in [2.05, 4.69) is 23.7 Å². The Balaban J connectivity index is 3.11. The maximum Gasteiger partial charge on any atom is 0.163 e. The van der Waals surface area contributed by atoms with Crippen molar-refractivity contribution in [1.29, 1.82) is 0 Å². The molecule has 0 unspecified atom stereocenters. The van der Waals surface area contributed by atoms with Gasteiger partial charge in [-0.25, -0.2) is 0 Å². The summed E-state index contributed by atoms with van der Waals surface area (Å²) in [7, 11) is 0. The van der Waals surface area contributed by atoms with Gasteiger partial charge in [-0.3, -0.25) is 9.78 Å². The third kappa shape index (κ3) is 2.10. The highest BCUT2D eigenvalue weighted by molar-refractivity contribution is 5.99. The van der Waals surface area contributed by atoms with E-state index in [4.69, 9.17) is 0 Å². The number of nitrogens with zero attached hydrogens (tertiary/aromatic N) is 2. The summed E-state index contributed by atoms with van der Waals surface area (Å²) >= 11 is 0. The summed E-state index contributed by atoms with van der Waals surface area (Å²) in [5.41, 5.74) is 1.69. The van der Waals surface area contributed by atoms with Gasteiger partial charge in [0.1, 0.15) is 0 Å². The molecule has 0 bridgehead atoms. The van der Waals surface area contributed by atoms with E-state index in [0.29, 0.717) is 5.56 Å². The average Bonchev–Trinajstić information content (AvgIpc) is 2.20. The zero-order valence-electron chi connectivity index (χ0n) is 8.95. The van der Waals surface area contributed by atoms with Crippen molar-refractivity contribution in [1.82, 2.24) is 4.98 Å². The Morgan fingerprint density at radius 1 is 1.43 bits per heavy atom. The molecule has 14 heavy (non-hydrogen) atoms. The lowest BCUT2D eigenvalue weighted by atomic mass is 10.1. The van der Waals surface area contributed by atoms with Gasteiger partial charge in [0, 0.05) is 25.5 Å². The predicted octanol–water partition coefficient (Wildman–Crippen LogP) is 2.13. The Hall–Kier alpha value is -1.38. The van der Waals surface area contributed by atoms with E-state index < -0.39 is 0 Å². The van der Waals surface area contributed by atoms with Crippen molar-refractivity contribution in [3.05, 3.63) is 24.0 Å². The van der Waals surface area contributed by atoms with E-state index in [0.717, 1.165) is 18.8 Å². The van der Waals surface area contributed by atoms with E-state index in [1.54, 1.807) is 19.3 Å². The first-order valence-corrected chi connectivity index (χ1v) is 4.90. The normalized spacial score (nSPS) is 9.93. The Labute approximate surface area is 84.8 Å². The fourth-order valence-corrected chi connectivity index (χ4v) is 1.50. The summed E-state index contributed by atoms with van der Waals surface area (Å²) < 4.78 is 0. The number of ketones is 1. The van der Waals surface area contributed by atoms with E-state index >= 15 is 0 Å². The first-order chi connectivity index (χ1) is 6.70. The van der Waals surface area contributed by atoms with Gasteiger partial charge >= 0.3 is 0 Å². The van der Waals surface area contributed by atoms with Gasteiger partial charge in [0.2, 0.25) is 0 Å². The topological polar surface area (TPSA) is 33.2 Å². The molecule has 1 heterocycles. The number of carbonyl (C=O) groups is 1. The number of carbonyl (C=O) groups excluding carboxylic acids is 1. The predicted molar refractivity (Wildman–Crippen MR) is 57.8 cm³/mol. The molecule has 1 aromatic heterocycles. The van der Waals surface area contributed by atoms with Gasteiger partial charge in [0.05, 0.1) is 11.3 Å². The minimum Gasteiger partial charge on any atom is -0.371 e. The lowest BCUT2D eigenvalue weighted by molar-refractivity contribution is 0.101. The van der Waals surface area contributed by atoms with Crippen LogP contribution in [0.4, 0.5) is 5.69 Å². The van der Waals surface area contributed by atoms with Crippen molar-refractivity contribution >= 4 is 11.5 Å². The van der Waals surface area contributed by atoms with Crippen LogP contribution in [0.5, 0.6) is 0 Å². The molecule has 3 heteroatoms. The molecule has 0 radical (unpaired) electrons. The van der Waals surface area contributed by atoms with Crippen LogP contribution in [0, 0.1) is 0 Å². The Morgan fingerprint density at radius 3 is 2.57 bits per heavy atom. The van der Waals surface area contributed by atoms with E-state index in [9.17, 15) is 4.79 Å². The van der Waals surface area contributed by atoms with Crippen molar-refractivity contribution in [2.45, 2.75) is 20.8 Å². The molecule has 76 valence electrons. The van der Waals surface area contributed by atoms with Crippen LogP contribution >= 0.6 is 0 Å². The van der Waals surface area contributed by atoms with Gasteiger partial charge in [-0.05, 0) is 26.8 Å². The van der Waals surface area contributed by atoms with Gasteiger partial charge < -0.3 is 4.90 Å². The second-order valence-corrected chi connectivity index (χ2v) is 3.12. The molecule has 1 rings (SSSR count). The molecular formula is C11H16N2O. The first kappa shape index (κ1) is 10.7. The molecule has 0 aliphatic carbocycles. The van der Waals surface area contributed by atoms with Crippen LogP contribution < -0.4 is 4.90 Å². The van der Waals surface area contributed by atoms with Gasteiger partial charge in [0.15, 0.2) is 5.78 Å². The lowest BCUT2D eigenvalue weighted by Gasteiger charge is -2.22. The zero-order valence-corrected chi connectivity index (χ0v) is 8.95. The van der Waals surface area contributed by atoms with Crippen LogP contribution in [-0.2, 0) is 0 Å². The molecule has 0 atom stereocenters. The summed E-state index contributed by atoms with van der Waals surface area (Å²) in [6.45, 7) is 7.54. The van der Waals surface area contributed by atoms with E-state index in [1.807, 2.05) is 6.07 Å². The standard InChI is InChI=1S/C11H16N2O/c1-4-13(5-2)11-6-7-12-8-10(11)9(3)14/h6-8H,4-5H2,1-3H3. The van der Waals surface area contributed by atoms with Gasteiger partial charge in [-0.1, -0.05) is 0 Å². The van der Waals surface area contributed by atoms with Crippen molar-refractivity contribution in [2.75, 3.05) is 18.0 Å². The minimum absolute atomic E-state index is 0.0694. The molecule has 0 N–H and O–H groups in total.